The minimum Gasteiger partial charge on any atom is -0.274 e. The number of likely N-dealkylation sites (N-methyl/N-ethyl adjacent to an activating group) is 1. The molecule has 1 aliphatic heterocycles. The van der Waals surface area contributed by atoms with Gasteiger partial charge in [-0.05, 0) is 12.1 Å². The molecule has 0 radical (unpaired) electrons. The smallest absolute Gasteiger partial charge is 0.271 e. The lowest BCUT2D eigenvalue weighted by atomic mass is 10.2. The highest BCUT2D eigenvalue weighted by molar-refractivity contribution is 8.14. The van der Waals surface area contributed by atoms with Gasteiger partial charge in [-0.25, -0.2) is 9.45 Å². The Morgan fingerprint density at radius 1 is 1.56 bits per heavy atom. The molecule has 0 saturated heterocycles. The highest BCUT2D eigenvalue weighted by Crippen LogP contribution is 2.25. The fraction of sp³-hybridized carbons (Fsp3) is 0.333. The van der Waals surface area contributed by atoms with E-state index < -0.39 is 6.04 Å². The van der Waals surface area contributed by atoms with Crippen molar-refractivity contribution in [1.29, 1.82) is 0 Å². The van der Waals surface area contributed by atoms with Gasteiger partial charge in [0.15, 0.2) is 0 Å². The molecule has 0 aliphatic carbocycles. The molecule has 1 aromatic rings. The molecule has 0 spiro atoms. The van der Waals surface area contributed by atoms with E-state index in [0.717, 1.165) is 5.06 Å². The summed E-state index contributed by atoms with van der Waals surface area (Å²) in [7, 11) is 2.95. The first-order valence-corrected chi connectivity index (χ1v) is 6.39. The van der Waals surface area contributed by atoms with Crippen LogP contribution in [0.4, 0.5) is 4.39 Å². The van der Waals surface area contributed by atoms with Crippen molar-refractivity contribution in [1.82, 2.24) is 5.06 Å². The zero-order valence-electron chi connectivity index (χ0n) is 10.1. The molecule has 2 rings (SSSR count). The molecule has 0 bridgehead atoms. The number of hydrogen-bond donors (Lipinski definition) is 0. The maximum atomic E-state index is 13.6. The summed E-state index contributed by atoms with van der Waals surface area (Å²) >= 11 is 1.38. The van der Waals surface area contributed by atoms with Crippen molar-refractivity contribution in [3.8, 4) is 0 Å². The van der Waals surface area contributed by atoms with Crippen molar-refractivity contribution in [3.05, 3.63) is 35.6 Å². The Kier molecular flexibility index (Phi) is 3.98. The molecule has 96 valence electrons. The van der Waals surface area contributed by atoms with Crippen LogP contribution >= 0.6 is 11.8 Å². The average Bonchev–Trinajstić information content (AvgIpc) is 2.87. The van der Waals surface area contributed by atoms with Crippen LogP contribution in [0.1, 0.15) is 5.56 Å². The number of rotatable bonds is 3. The van der Waals surface area contributed by atoms with Gasteiger partial charge >= 0.3 is 0 Å². The van der Waals surface area contributed by atoms with E-state index in [4.69, 9.17) is 4.84 Å². The topological polar surface area (TPSA) is 41.9 Å². The van der Waals surface area contributed by atoms with Crippen molar-refractivity contribution >= 4 is 22.7 Å². The molecule has 6 heteroatoms. The van der Waals surface area contributed by atoms with Gasteiger partial charge in [-0.2, -0.15) is 0 Å². The van der Waals surface area contributed by atoms with Gasteiger partial charge in [0, 0.05) is 18.4 Å². The van der Waals surface area contributed by atoms with Gasteiger partial charge < -0.3 is 0 Å². The van der Waals surface area contributed by atoms with E-state index in [1.807, 2.05) is 0 Å². The van der Waals surface area contributed by atoms with Gasteiger partial charge in [-0.15, -0.1) is 11.8 Å². The van der Waals surface area contributed by atoms with Crippen molar-refractivity contribution in [2.45, 2.75) is 6.04 Å². The maximum absolute atomic E-state index is 13.6. The third-order valence-corrected chi connectivity index (χ3v) is 3.71. The third kappa shape index (κ3) is 2.54. The van der Waals surface area contributed by atoms with E-state index in [9.17, 15) is 9.18 Å². The van der Waals surface area contributed by atoms with Crippen LogP contribution in [0.2, 0.25) is 0 Å². The summed E-state index contributed by atoms with van der Waals surface area (Å²) in [6.45, 7) is 0. The Morgan fingerprint density at radius 3 is 2.94 bits per heavy atom. The van der Waals surface area contributed by atoms with Crippen LogP contribution < -0.4 is 0 Å². The molecular weight excluding hydrogens is 255 g/mol. The summed E-state index contributed by atoms with van der Waals surface area (Å²) in [5.41, 5.74) is 0.442. The van der Waals surface area contributed by atoms with Crippen LogP contribution in [0.3, 0.4) is 0 Å². The van der Waals surface area contributed by atoms with Crippen LogP contribution in [-0.2, 0) is 9.63 Å². The van der Waals surface area contributed by atoms with E-state index >= 15 is 0 Å². The van der Waals surface area contributed by atoms with Gasteiger partial charge in [0.2, 0.25) is 0 Å². The normalized spacial score (nSPS) is 18.6. The van der Waals surface area contributed by atoms with Crippen LogP contribution in [0.25, 0.3) is 0 Å². The number of benzene rings is 1. The number of carbonyl (C=O) groups excluding carboxylic acids is 1. The number of hydrogen-bond acceptors (Lipinski definition) is 4. The standard InChI is InChI=1S/C12H13FN2O2S/c1-15(17-2)12(16)10-7-18-11(14-10)8-5-3-4-6-9(8)13/h3-6,10H,7H2,1-2H3. The van der Waals surface area contributed by atoms with E-state index in [1.54, 1.807) is 18.2 Å². The lowest BCUT2D eigenvalue weighted by Crippen LogP contribution is -2.34. The summed E-state index contributed by atoms with van der Waals surface area (Å²) in [5, 5.41) is 1.70. The van der Waals surface area contributed by atoms with Crippen LogP contribution in [0.5, 0.6) is 0 Å². The maximum Gasteiger partial charge on any atom is 0.271 e. The summed E-state index contributed by atoms with van der Waals surface area (Å²) in [6, 6.07) is 5.91. The summed E-state index contributed by atoms with van der Waals surface area (Å²) in [5.74, 6) is -0.0378. The Morgan fingerprint density at radius 2 is 2.28 bits per heavy atom. The molecule has 4 nitrogen and oxygen atoms in total. The number of thioether (sulfide) groups is 1. The second-order valence-corrected chi connectivity index (χ2v) is 4.77. The van der Waals surface area contributed by atoms with Crippen LogP contribution in [0.15, 0.2) is 29.3 Å². The molecule has 0 saturated carbocycles. The Bertz CT molecular complexity index is 493. The molecule has 1 unspecified atom stereocenters. The second-order valence-electron chi connectivity index (χ2n) is 3.76. The predicted molar refractivity (Wildman–Crippen MR) is 69.0 cm³/mol. The predicted octanol–water partition coefficient (Wildman–Crippen LogP) is 1.71. The molecule has 1 aliphatic rings. The summed E-state index contributed by atoms with van der Waals surface area (Å²) in [4.78, 5) is 20.9. The van der Waals surface area contributed by atoms with Crippen molar-refractivity contribution in [2.24, 2.45) is 4.99 Å². The van der Waals surface area contributed by atoms with Gasteiger partial charge in [-0.1, -0.05) is 12.1 Å². The first-order valence-electron chi connectivity index (χ1n) is 5.40. The number of amides is 1. The fourth-order valence-corrected chi connectivity index (χ4v) is 2.64. The van der Waals surface area contributed by atoms with Crippen molar-refractivity contribution in [2.75, 3.05) is 19.9 Å². The van der Waals surface area contributed by atoms with Crippen LogP contribution in [0, 0.1) is 5.82 Å². The van der Waals surface area contributed by atoms with E-state index in [2.05, 4.69) is 4.99 Å². The van der Waals surface area contributed by atoms with Gasteiger partial charge in [0.25, 0.3) is 5.91 Å². The minimum atomic E-state index is -0.505. The average molecular weight is 268 g/mol. The number of hydroxylamine groups is 2. The van der Waals surface area contributed by atoms with Crippen molar-refractivity contribution < 1.29 is 14.0 Å². The monoisotopic (exact) mass is 268 g/mol. The molecule has 18 heavy (non-hydrogen) atoms. The van der Waals surface area contributed by atoms with Gasteiger partial charge in [0.05, 0.1) is 7.11 Å². The highest BCUT2D eigenvalue weighted by Gasteiger charge is 2.29. The first-order chi connectivity index (χ1) is 8.63. The quantitative estimate of drug-likeness (QED) is 0.784. The fourth-order valence-electron chi connectivity index (χ4n) is 1.58. The zero-order chi connectivity index (χ0) is 13.1. The molecule has 0 fully saturated rings. The SMILES string of the molecule is CON(C)C(=O)C1CSC(c2ccccc2F)=N1. The number of carbonyl (C=O) groups is 1. The lowest BCUT2D eigenvalue weighted by Gasteiger charge is -2.15. The molecular formula is C12H13FN2O2S. The van der Waals surface area contributed by atoms with Crippen molar-refractivity contribution in [3.63, 3.8) is 0 Å². The van der Waals surface area contributed by atoms with Gasteiger partial charge in [-0.3, -0.25) is 14.6 Å². The zero-order valence-corrected chi connectivity index (χ0v) is 10.9. The third-order valence-electron chi connectivity index (χ3n) is 2.62. The van der Waals surface area contributed by atoms with Gasteiger partial charge in [0.1, 0.15) is 16.9 Å². The Hall–Kier alpha value is -1.40. The molecule has 1 heterocycles. The minimum absolute atomic E-state index is 0.226. The number of aliphatic imine (C=N–C) groups is 1. The summed E-state index contributed by atoms with van der Waals surface area (Å²) in [6.07, 6.45) is 0. The number of halogens is 1. The molecule has 0 aromatic heterocycles. The number of nitrogens with zero attached hydrogens (tertiary/aromatic N) is 2. The molecule has 1 amide bonds. The highest BCUT2D eigenvalue weighted by atomic mass is 32.2. The van der Waals surface area contributed by atoms with E-state index in [-0.39, 0.29) is 11.7 Å². The molecule has 1 aromatic carbocycles. The first kappa shape index (κ1) is 13.0. The Labute approximate surface area is 109 Å². The van der Waals surface area contributed by atoms with E-state index in [1.165, 1.54) is 32.0 Å². The second kappa shape index (κ2) is 5.49. The van der Waals surface area contributed by atoms with E-state index in [0.29, 0.717) is 16.4 Å². The molecule has 0 N–H and O–H groups in total. The van der Waals surface area contributed by atoms with Crippen LogP contribution in [-0.4, -0.2) is 42.0 Å². The largest absolute Gasteiger partial charge is 0.274 e. The molecule has 1 atom stereocenters. The lowest BCUT2D eigenvalue weighted by molar-refractivity contribution is -0.169. The summed E-state index contributed by atoms with van der Waals surface area (Å²) < 4.78 is 13.6. The Balaban J connectivity index is 2.19.